The summed E-state index contributed by atoms with van der Waals surface area (Å²) in [6.45, 7) is 0.590. The summed E-state index contributed by atoms with van der Waals surface area (Å²) >= 11 is 0. The molecule has 0 spiro atoms. The lowest BCUT2D eigenvalue weighted by atomic mass is 9.96. The van der Waals surface area contributed by atoms with E-state index in [0.717, 1.165) is 0 Å². The molecule has 1 saturated heterocycles. The molecule has 0 radical (unpaired) electrons. The molecule has 0 atom stereocenters. The summed E-state index contributed by atoms with van der Waals surface area (Å²) in [5.74, 6) is -0.679. The predicted molar refractivity (Wildman–Crippen MR) is 133 cm³/mol. The third kappa shape index (κ3) is 5.89. The first kappa shape index (κ1) is 26.5. The SMILES string of the molecule is CNS(=O)(=O)Nc1cccc(Cc2c(CN3CC(F)C3)c3ccc(OC(=O)N(C)C)cc3oc2=O)c1F. The number of carbonyl (C=O) groups is 1. The number of nitrogens with one attached hydrogen (secondary N) is 2. The zero-order valence-electron chi connectivity index (χ0n) is 20.4. The Labute approximate surface area is 212 Å². The van der Waals surface area contributed by atoms with Crippen LogP contribution in [0.15, 0.2) is 45.6 Å². The van der Waals surface area contributed by atoms with Gasteiger partial charge in [0.15, 0.2) is 5.82 Å². The molecule has 1 amide bonds. The Balaban J connectivity index is 1.77. The van der Waals surface area contributed by atoms with Crippen molar-refractivity contribution in [2.75, 3.05) is 39.0 Å². The summed E-state index contributed by atoms with van der Waals surface area (Å²) in [4.78, 5) is 28.1. The average molecular weight is 537 g/mol. The average Bonchev–Trinajstić information content (AvgIpc) is 2.82. The Morgan fingerprint density at radius 2 is 1.95 bits per heavy atom. The zero-order chi connectivity index (χ0) is 26.9. The van der Waals surface area contributed by atoms with E-state index in [1.807, 2.05) is 4.72 Å². The maximum absolute atomic E-state index is 15.2. The van der Waals surface area contributed by atoms with Gasteiger partial charge in [-0.1, -0.05) is 12.1 Å². The number of hydrogen-bond donors (Lipinski definition) is 2. The highest BCUT2D eigenvalue weighted by molar-refractivity contribution is 7.90. The molecule has 4 rings (SSSR count). The summed E-state index contributed by atoms with van der Waals surface area (Å²) < 4.78 is 67.3. The number of halogens is 2. The van der Waals surface area contributed by atoms with Crippen molar-refractivity contribution in [2.45, 2.75) is 19.1 Å². The maximum Gasteiger partial charge on any atom is 0.414 e. The number of ether oxygens (including phenoxy) is 1. The van der Waals surface area contributed by atoms with Gasteiger partial charge >= 0.3 is 11.7 Å². The molecule has 0 unspecified atom stereocenters. The Bertz CT molecular complexity index is 1500. The molecule has 3 aromatic rings. The fraction of sp³-hybridized carbons (Fsp3) is 0.333. The molecule has 0 saturated carbocycles. The molecule has 0 bridgehead atoms. The van der Waals surface area contributed by atoms with E-state index in [-0.39, 0.29) is 54.2 Å². The van der Waals surface area contributed by atoms with Crippen LogP contribution in [0.4, 0.5) is 19.3 Å². The van der Waals surface area contributed by atoms with Crippen molar-refractivity contribution in [1.82, 2.24) is 14.5 Å². The summed E-state index contributed by atoms with van der Waals surface area (Å²) in [5, 5.41) is 0.522. The van der Waals surface area contributed by atoms with Crippen LogP contribution in [0.5, 0.6) is 5.75 Å². The highest BCUT2D eigenvalue weighted by Gasteiger charge is 2.29. The van der Waals surface area contributed by atoms with E-state index in [2.05, 4.69) is 4.72 Å². The molecule has 2 aromatic carbocycles. The van der Waals surface area contributed by atoms with Crippen LogP contribution < -0.4 is 19.8 Å². The first-order valence-electron chi connectivity index (χ1n) is 11.3. The Morgan fingerprint density at radius 3 is 2.59 bits per heavy atom. The molecule has 1 fully saturated rings. The van der Waals surface area contributed by atoms with E-state index in [4.69, 9.17) is 9.15 Å². The number of amides is 1. The molecule has 1 aliphatic rings. The van der Waals surface area contributed by atoms with Crippen LogP contribution in [0.25, 0.3) is 11.0 Å². The van der Waals surface area contributed by atoms with Crippen LogP contribution in [0.1, 0.15) is 16.7 Å². The summed E-state index contributed by atoms with van der Waals surface area (Å²) in [7, 11) is 0.265. The number of alkyl halides is 1. The van der Waals surface area contributed by atoms with E-state index in [9.17, 15) is 22.4 Å². The van der Waals surface area contributed by atoms with Crippen molar-refractivity contribution >= 4 is 33.0 Å². The molecule has 2 N–H and O–H groups in total. The van der Waals surface area contributed by atoms with Gasteiger partial charge in [-0.05, 0) is 29.3 Å². The quantitative estimate of drug-likeness (QED) is 0.425. The van der Waals surface area contributed by atoms with Crippen LogP contribution in [0, 0.1) is 5.82 Å². The lowest BCUT2D eigenvalue weighted by Gasteiger charge is -2.34. The molecule has 10 nitrogen and oxygen atoms in total. The third-order valence-corrected chi connectivity index (χ3v) is 6.94. The van der Waals surface area contributed by atoms with E-state index in [1.54, 1.807) is 17.0 Å². The fourth-order valence-electron chi connectivity index (χ4n) is 3.94. The molecular weight excluding hydrogens is 510 g/mol. The largest absolute Gasteiger partial charge is 0.422 e. The molecular formula is C24H26F2N4O6S. The first-order chi connectivity index (χ1) is 17.5. The number of likely N-dealkylation sites (tertiary alicyclic amines) is 1. The predicted octanol–water partition coefficient (Wildman–Crippen LogP) is 2.61. The minimum absolute atomic E-state index is 0.0627. The highest BCUT2D eigenvalue weighted by Crippen LogP contribution is 2.30. The summed E-state index contributed by atoms with van der Waals surface area (Å²) in [6.07, 6.45) is -1.78. The van der Waals surface area contributed by atoms with Gasteiger partial charge in [0.2, 0.25) is 0 Å². The molecule has 13 heteroatoms. The second kappa shape index (κ2) is 10.4. The topological polar surface area (TPSA) is 121 Å². The fourth-order valence-corrected chi connectivity index (χ4v) is 4.49. The summed E-state index contributed by atoms with van der Waals surface area (Å²) in [6, 6.07) is 8.73. The second-order valence-electron chi connectivity index (χ2n) is 8.82. The van der Waals surface area contributed by atoms with Crippen molar-refractivity contribution in [3.63, 3.8) is 0 Å². The van der Waals surface area contributed by atoms with E-state index >= 15 is 4.39 Å². The van der Waals surface area contributed by atoms with Gasteiger partial charge < -0.3 is 14.1 Å². The van der Waals surface area contributed by atoms with Crippen molar-refractivity contribution < 1.29 is 31.1 Å². The van der Waals surface area contributed by atoms with Crippen molar-refractivity contribution in [2.24, 2.45) is 0 Å². The van der Waals surface area contributed by atoms with Gasteiger partial charge in [-0.3, -0.25) is 9.62 Å². The number of hydrogen-bond acceptors (Lipinski definition) is 7. The minimum Gasteiger partial charge on any atom is -0.422 e. The minimum atomic E-state index is -3.97. The Kier molecular flexibility index (Phi) is 7.48. The van der Waals surface area contributed by atoms with Crippen LogP contribution in [-0.4, -0.2) is 64.7 Å². The van der Waals surface area contributed by atoms with Crippen molar-refractivity contribution in [1.29, 1.82) is 0 Å². The van der Waals surface area contributed by atoms with Crippen LogP contribution in [0.3, 0.4) is 0 Å². The normalized spacial score (nSPS) is 14.4. The first-order valence-corrected chi connectivity index (χ1v) is 12.8. The van der Waals surface area contributed by atoms with E-state index in [1.165, 1.54) is 50.3 Å². The lowest BCUT2D eigenvalue weighted by molar-refractivity contribution is 0.0591. The second-order valence-corrected chi connectivity index (χ2v) is 10.4. The molecule has 37 heavy (non-hydrogen) atoms. The number of fused-ring (bicyclic) bond motifs is 1. The lowest BCUT2D eigenvalue weighted by Crippen LogP contribution is -2.47. The van der Waals surface area contributed by atoms with E-state index in [0.29, 0.717) is 10.9 Å². The number of rotatable bonds is 8. The van der Waals surface area contributed by atoms with Gasteiger partial charge in [-0.25, -0.2) is 23.1 Å². The number of benzene rings is 2. The van der Waals surface area contributed by atoms with Gasteiger partial charge in [-0.2, -0.15) is 8.42 Å². The van der Waals surface area contributed by atoms with Crippen molar-refractivity contribution in [3.8, 4) is 5.75 Å². The zero-order valence-corrected chi connectivity index (χ0v) is 21.2. The molecule has 1 aromatic heterocycles. The standard InChI is InChI=1S/C24H26F2N4O6S/c1-27-37(33,34)28-20-6-4-5-14(22(20)26)9-18-19(13-30-11-15(25)12-30)17-8-7-16(35-24(32)29(2)3)10-21(17)36-23(18)31/h4-8,10,15,27-28H,9,11-13H2,1-3H3. The molecule has 1 aliphatic heterocycles. The molecule has 2 heterocycles. The third-order valence-electron chi connectivity index (χ3n) is 5.92. The number of anilines is 1. The van der Waals surface area contributed by atoms with Gasteiger partial charge in [0, 0.05) is 64.2 Å². The Hall–Kier alpha value is -3.55. The summed E-state index contributed by atoms with van der Waals surface area (Å²) in [5.41, 5.74) is -0.135. The highest BCUT2D eigenvalue weighted by atomic mass is 32.2. The maximum atomic E-state index is 15.2. The van der Waals surface area contributed by atoms with Gasteiger partial charge in [-0.15, -0.1) is 0 Å². The van der Waals surface area contributed by atoms with Gasteiger partial charge in [0.05, 0.1) is 5.69 Å². The number of carbonyl (C=O) groups excluding carboxylic acids is 1. The van der Waals surface area contributed by atoms with Gasteiger partial charge in [0.1, 0.15) is 17.5 Å². The van der Waals surface area contributed by atoms with Crippen LogP contribution in [0.2, 0.25) is 0 Å². The van der Waals surface area contributed by atoms with Crippen LogP contribution in [-0.2, 0) is 23.2 Å². The molecule has 0 aliphatic carbocycles. The van der Waals surface area contributed by atoms with Crippen LogP contribution >= 0.6 is 0 Å². The van der Waals surface area contributed by atoms with E-state index < -0.39 is 33.9 Å². The molecule has 198 valence electrons. The smallest absolute Gasteiger partial charge is 0.414 e. The van der Waals surface area contributed by atoms with Gasteiger partial charge in [0.25, 0.3) is 10.2 Å². The Morgan fingerprint density at radius 1 is 1.22 bits per heavy atom. The monoisotopic (exact) mass is 536 g/mol. The number of nitrogens with zero attached hydrogens (tertiary/aromatic N) is 2. The van der Waals surface area contributed by atoms with Crippen molar-refractivity contribution in [3.05, 3.63) is 69.3 Å².